The van der Waals surface area contributed by atoms with Crippen LogP contribution in [-0.2, 0) is 4.79 Å². The lowest BCUT2D eigenvalue weighted by molar-refractivity contribution is -0.142. The molecule has 0 aliphatic carbocycles. The molecule has 0 saturated carbocycles. The van der Waals surface area contributed by atoms with Gasteiger partial charge in [-0.05, 0) is 12.1 Å². The minimum absolute atomic E-state index is 0.114. The molecule has 2 N–H and O–H groups in total. The SMILES string of the molecule is C=CCC1(C(=O)O)CSC(c2ccccc2O)=N1. The lowest BCUT2D eigenvalue weighted by Gasteiger charge is -2.17. The van der Waals surface area contributed by atoms with Crippen molar-refractivity contribution < 1.29 is 15.0 Å². The number of carboxylic acids is 1. The zero-order chi connectivity index (χ0) is 13.2. The number of hydrogen-bond donors (Lipinski definition) is 2. The van der Waals surface area contributed by atoms with Crippen LogP contribution in [0, 0.1) is 0 Å². The van der Waals surface area contributed by atoms with Crippen LogP contribution < -0.4 is 0 Å². The van der Waals surface area contributed by atoms with Crippen molar-refractivity contribution >= 4 is 22.8 Å². The molecule has 94 valence electrons. The number of aliphatic imine (C=N–C) groups is 1. The van der Waals surface area contributed by atoms with Crippen LogP contribution in [0.4, 0.5) is 0 Å². The van der Waals surface area contributed by atoms with Crippen LogP contribution in [0.5, 0.6) is 5.75 Å². The summed E-state index contributed by atoms with van der Waals surface area (Å²) < 4.78 is 0. The first-order chi connectivity index (χ1) is 8.59. The van der Waals surface area contributed by atoms with Gasteiger partial charge in [0.15, 0.2) is 5.54 Å². The summed E-state index contributed by atoms with van der Waals surface area (Å²) in [4.78, 5) is 15.6. The summed E-state index contributed by atoms with van der Waals surface area (Å²) in [7, 11) is 0. The van der Waals surface area contributed by atoms with Crippen LogP contribution >= 0.6 is 11.8 Å². The summed E-state index contributed by atoms with van der Waals surface area (Å²) in [5, 5.41) is 19.6. The molecule has 1 heterocycles. The summed E-state index contributed by atoms with van der Waals surface area (Å²) in [6.45, 7) is 3.58. The van der Waals surface area contributed by atoms with Gasteiger partial charge in [0.2, 0.25) is 0 Å². The molecule has 1 aliphatic rings. The molecular weight excluding hydrogens is 250 g/mol. The lowest BCUT2D eigenvalue weighted by Crippen LogP contribution is -2.36. The Bertz CT molecular complexity index is 527. The van der Waals surface area contributed by atoms with E-state index in [2.05, 4.69) is 11.6 Å². The third-order valence-electron chi connectivity index (χ3n) is 2.78. The summed E-state index contributed by atoms with van der Waals surface area (Å²) >= 11 is 1.35. The Morgan fingerprint density at radius 1 is 1.56 bits per heavy atom. The van der Waals surface area contributed by atoms with Gasteiger partial charge in [0.1, 0.15) is 10.8 Å². The topological polar surface area (TPSA) is 69.9 Å². The summed E-state index contributed by atoms with van der Waals surface area (Å²) in [5.41, 5.74) is -0.570. The second kappa shape index (κ2) is 4.86. The highest BCUT2D eigenvalue weighted by molar-refractivity contribution is 8.14. The fraction of sp³-hybridized carbons (Fsp3) is 0.231. The number of para-hydroxylation sites is 1. The first-order valence-electron chi connectivity index (χ1n) is 5.44. The highest BCUT2D eigenvalue weighted by atomic mass is 32.2. The van der Waals surface area contributed by atoms with Crippen molar-refractivity contribution in [2.75, 3.05) is 5.75 Å². The Morgan fingerprint density at radius 2 is 2.28 bits per heavy atom. The van der Waals surface area contributed by atoms with Crippen LogP contribution in [0.3, 0.4) is 0 Å². The number of phenolic OH excluding ortho intramolecular Hbond substituents is 1. The Balaban J connectivity index is 2.40. The van der Waals surface area contributed by atoms with Gasteiger partial charge in [-0.1, -0.05) is 18.2 Å². The van der Waals surface area contributed by atoms with Crippen molar-refractivity contribution in [3.05, 3.63) is 42.5 Å². The van der Waals surface area contributed by atoms with Gasteiger partial charge in [0.25, 0.3) is 0 Å². The fourth-order valence-corrected chi connectivity index (χ4v) is 3.03. The Kier molecular flexibility index (Phi) is 3.43. The zero-order valence-electron chi connectivity index (χ0n) is 9.67. The lowest BCUT2D eigenvalue weighted by atomic mass is 9.99. The molecule has 18 heavy (non-hydrogen) atoms. The predicted octanol–water partition coefficient (Wildman–Crippen LogP) is 2.29. The van der Waals surface area contributed by atoms with Gasteiger partial charge in [-0.3, -0.25) is 4.99 Å². The quantitative estimate of drug-likeness (QED) is 0.818. The Labute approximate surface area is 109 Å². The van der Waals surface area contributed by atoms with E-state index in [1.807, 2.05) is 0 Å². The van der Waals surface area contributed by atoms with E-state index in [-0.39, 0.29) is 12.2 Å². The Morgan fingerprint density at radius 3 is 2.89 bits per heavy atom. The number of hydrogen-bond acceptors (Lipinski definition) is 4. The van der Waals surface area contributed by atoms with E-state index >= 15 is 0 Å². The number of thioether (sulfide) groups is 1. The molecule has 1 aliphatic heterocycles. The number of carbonyl (C=O) groups is 1. The van der Waals surface area contributed by atoms with Crippen LogP contribution in [0.25, 0.3) is 0 Å². The zero-order valence-corrected chi connectivity index (χ0v) is 10.5. The number of nitrogens with zero attached hydrogens (tertiary/aromatic N) is 1. The molecule has 0 bridgehead atoms. The molecular formula is C13H13NO3S. The monoisotopic (exact) mass is 263 g/mol. The molecule has 0 radical (unpaired) electrons. The van der Waals surface area contributed by atoms with Crippen molar-refractivity contribution in [2.24, 2.45) is 4.99 Å². The average Bonchev–Trinajstić information content (AvgIpc) is 2.76. The van der Waals surface area contributed by atoms with E-state index < -0.39 is 11.5 Å². The number of phenols is 1. The van der Waals surface area contributed by atoms with Crippen LogP contribution in [0.1, 0.15) is 12.0 Å². The molecule has 1 unspecified atom stereocenters. The van der Waals surface area contributed by atoms with Gasteiger partial charge in [0.05, 0.1) is 0 Å². The molecule has 5 heteroatoms. The van der Waals surface area contributed by atoms with Crippen LogP contribution in [0.2, 0.25) is 0 Å². The maximum atomic E-state index is 11.3. The first-order valence-corrected chi connectivity index (χ1v) is 6.43. The Hall–Kier alpha value is -1.75. The highest BCUT2D eigenvalue weighted by Gasteiger charge is 2.42. The van der Waals surface area contributed by atoms with Gasteiger partial charge in [-0.2, -0.15) is 0 Å². The van der Waals surface area contributed by atoms with Crippen molar-refractivity contribution in [2.45, 2.75) is 12.0 Å². The van der Waals surface area contributed by atoms with E-state index in [0.717, 1.165) is 0 Å². The standard InChI is InChI=1S/C13H13NO3S/c1-2-7-13(12(16)17)8-18-11(14-13)9-5-3-4-6-10(9)15/h2-6,15H,1,7-8H2,(H,16,17). The van der Waals surface area contributed by atoms with E-state index in [4.69, 9.17) is 0 Å². The van der Waals surface area contributed by atoms with Crippen LogP contribution in [0.15, 0.2) is 41.9 Å². The molecule has 1 aromatic rings. The van der Waals surface area contributed by atoms with Gasteiger partial charge in [0, 0.05) is 17.7 Å². The van der Waals surface area contributed by atoms with Gasteiger partial charge < -0.3 is 10.2 Å². The normalized spacial score (nSPS) is 22.6. The smallest absolute Gasteiger partial charge is 0.332 e. The second-order valence-corrected chi connectivity index (χ2v) is 5.02. The van der Waals surface area contributed by atoms with Gasteiger partial charge in [-0.25, -0.2) is 4.79 Å². The molecule has 1 atom stereocenters. The second-order valence-electron chi connectivity index (χ2n) is 4.05. The van der Waals surface area contributed by atoms with Crippen molar-refractivity contribution in [1.29, 1.82) is 0 Å². The molecule has 1 aromatic carbocycles. The number of rotatable bonds is 4. The maximum Gasteiger partial charge on any atom is 0.332 e. The fourth-order valence-electron chi connectivity index (χ4n) is 1.78. The summed E-state index contributed by atoms with van der Waals surface area (Å²) in [5.74, 6) is -0.484. The van der Waals surface area contributed by atoms with E-state index in [9.17, 15) is 15.0 Å². The van der Waals surface area contributed by atoms with Gasteiger partial charge >= 0.3 is 5.97 Å². The van der Waals surface area contributed by atoms with E-state index in [1.54, 1.807) is 30.3 Å². The first kappa shape index (κ1) is 12.7. The average molecular weight is 263 g/mol. The third kappa shape index (κ3) is 2.13. The van der Waals surface area contributed by atoms with Gasteiger partial charge in [-0.15, -0.1) is 18.3 Å². The number of carboxylic acid groups (broad SMARTS) is 1. The molecule has 0 saturated heterocycles. The molecule has 0 aromatic heterocycles. The van der Waals surface area contributed by atoms with Crippen molar-refractivity contribution in [1.82, 2.24) is 0 Å². The third-order valence-corrected chi connectivity index (χ3v) is 3.98. The van der Waals surface area contributed by atoms with Crippen LogP contribution in [-0.4, -0.2) is 32.5 Å². The molecule has 4 nitrogen and oxygen atoms in total. The number of aliphatic carboxylic acids is 1. The van der Waals surface area contributed by atoms with E-state index in [0.29, 0.717) is 16.4 Å². The molecule has 0 fully saturated rings. The highest BCUT2D eigenvalue weighted by Crippen LogP contribution is 2.36. The predicted molar refractivity (Wildman–Crippen MR) is 72.3 cm³/mol. The minimum atomic E-state index is -1.15. The molecule has 2 rings (SSSR count). The summed E-state index contributed by atoms with van der Waals surface area (Å²) in [6.07, 6.45) is 1.85. The molecule has 0 spiro atoms. The van der Waals surface area contributed by atoms with E-state index in [1.165, 1.54) is 11.8 Å². The largest absolute Gasteiger partial charge is 0.507 e. The summed E-state index contributed by atoms with van der Waals surface area (Å²) in [6, 6.07) is 6.79. The number of aromatic hydroxyl groups is 1. The minimum Gasteiger partial charge on any atom is -0.507 e. The van der Waals surface area contributed by atoms with Crippen molar-refractivity contribution in [3.8, 4) is 5.75 Å². The number of benzene rings is 1. The molecule has 0 amide bonds. The maximum absolute atomic E-state index is 11.3. The van der Waals surface area contributed by atoms with Crippen molar-refractivity contribution in [3.63, 3.8) is 0 Å².